The van der Waals surface area contributed by atoms with Crippen molar-refractivity contribution < 1.29 is 0 Å². The lowest BCUT2D eigenvalue weighted by Gasteiger charge is -2.08. The largest absolute Gasteiger partial charge is 0.353 e. The van der Waals surface area contributed by atoms with Crippen LogP contribution in [0.1, 0.15) is 0 Å². The third-order valence-electron chi connectivity index (χ3n) is 2.02. The molecule has 0 spiro atoms. The third kappa shape index (κ3) is 2.50. The summed E-state index contributed by atoms with van der Waals surface area (Å²) >= 11 is 1.64. The molecule has 3 heteroatoms. The Bertz CT molecular complexity index is 429. The van der Waals surface area contributed by atoms with Crippen LogP contribution in [0.2, 0.25) is 0 Å². The average Bonchev–Trinajstić information content (AvgIpc) is 2.31. The number of aromatic nitrogens is 1. The molecule has 15 heavy (non-hydrogen) atoms. The van der Waals surface area contributed by atoms with Crippen LogP contribution in [-0.4, -0.2) is 11.2 Å². The molecular formula is C12H12N2S. The summed E-state index contributed by atoms with van der Waals surface area (Å²) in [6.45, 7) is 0. The maximum Gasteiger partial charge on any atom is 0.119 e. The van der Waals surface area contributed by atoms with Crippen molar-refractivity contribution in [1.82, 2.24) is 4.98 Å². The van der Waals surface area contributed by atoms with Crippen molar-refractivity contribution in [1.29, 1.82) is 0 Å². The smallest absolute Gasteiger partial charge is 0.119 e. The van der Waals surface area contributed by atoms with Gasteiger partial charge >= 0.3 is 0 Å². The minimum Gasteiger partial charge on any atom is -0.353 e. The lowest BCUT2D eigenvalue weighted by molar-refractivity contribution is 1.14. The first-order chi connectivity index (χ1) is 7.40. The van der Waals surface area contributed by atoms with Crippen LogP contribution in [-0.2, 0) is 0 Å². The lowest BCUT2D eigenvalue weighted by atomic mass is 10.3. The van der Waals surface area contributed by atoms with Crippen LogP contribution < -0.4 is 5.32 Å². The Morgan fingerprint density at radius 2 is 1.87 bits per heavy atom. The molecule has 0 amide bonds. The number of nitrogens with zero attached hydrogens (tertiary/aromatic N) is 1. The summed E-state index contributed by atoms with van der Waals surface area (Å²) in [5, 5.41) is 4.36. The highest BCUT2D eigenvalue weighted by atomic mass is 32.2. The average molecular weight is 216 g/mol. The summed E-state index contributed by atoms with van der Waals surface area (Å²) in [7, 11) is 0. The molecule has 1 aromatic heterocycles. The minimum absolute atomic E-state index is 1.02. The van der Waals surface area contributed by atoms with E-state index < -0.39 is 0 Å². The second-order valence-corrected chi connectivity index (χ2v) is 3.85. The van der Waals surface area contributed by atoms with E-state index in [1.807, 2.05) is 54.9 Å². The molecule has 2 aromatic rings. The molecule has 1 aromatic carbocycles. The Labute approximate surface area is 93.7 Å². The molecule has 1 N–H and O–H groups in total. The van der Waals surface area contributed by atoms with Gasteiger partial charge in [-0.3, -0.25) is 0 Å². The molecule has 2 nitrogen and oxygen atoms in total. The quantitative estimate of drug-likeness (QED) is 0.794. The van der Waals surface area contributed by atoms with Crippen molar-refractivity contribution in [3.05, 3.63) is 48.7 Å². The monoisotopic (exact) mass is 216 g/mol. The number of nitrogens with one attached hydrogen (secondary N) is 1. The van der Waals surface area contributed by atoms with Crippen LogP contribution in [0.4, 0.5) is 11.4 Å². The summed E-state index contributed by atoms with van der Waals surface area (Å²) < 4.78 is 0. The van der Waals surface area contributed by atoms with E-state index in [1.165, 1.54) is 0 Å². The van der Waals surface area contributed by atoms with Crippen molar-refractivity contribution in [3.63, 3.8) is 0 Å². The molecule has 0 bridgehead atoms. The van der Waals surface area contributed by atoms with Gasteiger partial charge < -0.3 is 5.32 Å². The van der Waals surface area contributed by atoms with Gasteiger partial charge in [-0.05, 0) is 30.5 Å². The molecule has 76 valence electrons. The first-order valence-electron chi connectivity index (χ1n) is 4.71. The second-order valence-electron chi connectivity index (χ2n) is 3.05. The Hall–Kier alpha value is -1.48. The van der Waals surface area contributed by atoms with E-state index in [4.69, 9.17) is 0 Å². The number of hydrogen-bond acceptors (Lipinski definition) is 3. The molecule has 1 heterocycles. The van der Waals surface area contributed by atoms with Gasteiger partial charge in [0, 0.05) is 11.9 Å². The zero-order valence-corrected chi connectivity index (χ0v) is 9.29. The van der Waals surface area contributed by atoms with Gasteiger partial charge in [0.25, 0.3) is 0 Å². The summed E-state index contributed by atoms with van der Waals surface area (Å²) in [6.07, 6.45) is 3.83. The van der Waals surface area contributed by atoms with E-state index in [0.29, 0.717) is 0 Å². The molecule has 0 radical (unpaired) electrons. The molecule has 0 fully saturated rings. The van der Waals surface area contributed by atoms with E-state index in [-0.39, 0.29) is 0 Å². The molecule has 0 saturated carbocycles. The van der Waals surface area contributed by atoms with Crippen LogP contribution in [0.15, 0.2) is 53.7 Å². The number of thioether (sulfide) groups is 1. The molecule has 0 unspecified atom stereocenters. The van der Waals surface area contributed by atoms with Gasteiger partial charge in [-0.2, -0.15) is 0 Å². The zero-order valence-electron chi connectivity index (χ0n) is 8.47. The minimum atomic E-state index is 1.02. The molecular weight excluding hydrogens is 204 g/mol. The Balaban J connectivity index is 2.24. The Morgan fingerprint density at radius 3 is 2.60 bits per heavy atom. The predicted molar refractivity (Wildman–Crippen MR) is 65.7 cm³/mol. The van der Waals surface area contributed by atoms with Gasteiger partial charge in [-0.1, -0.05) is 18.2 Å². The van der Waals surface area contributed by atoms with Gasteiger partial charge in [-0.15, -0.1) is 11.8 Å². The van der Waals surface area contributed by atoms with Crippen LogP contribution in [0.5, 0.6) is 0 Å². The Morgan fingerprint density at radius 1 is 1.07 bits per heavy atom. The zero-order chi connectivity index (χ0) is 10.5. The van der Waals surface area contributed by atoms with Crippen molar-refractivity contribution in [2.45, 2.75) is 5.03 Å². The van der Waals surface area contributed by atoms with Crippen molar-refractivity contribution in [3.8, 4) is 0 Å². The number of rotatable bonds is 3. The molecule has 0 aliphatic carbocycles. The van der Waals surface area contributed by atoms with E-state index in [0.717, 1.165) is 16.4 Å². The predicted octanol–water partition coefficient (Wildman–Crippen LogP) is 3.55. The fourth-order valence-electron chi connectivity index (χ4n) is 1.33. The first-order valence-corrected chi connectivity index (χ1v) is 5.93. The van der Waals surface area contributed by atoms with Gasteiger partial charge in [0.2, 0.25) is 0 Å². The van der Waals surface area contributed by atoms with Crippen molar-refractivity contribution in [2.75, 3.05) is 11.6 Å². The molecule has 0 atom stereocenters. The Kier molecular flexibility index (Phi) is 3.25. The number of anilines is 2. The van der Waals surface area contributed by atoms with Gasteiger partial charge in [-0.25, -0.2) is 4.98 Å². The highest BCUT2D eigenvalue weighted by Crippen LogP contribution is 2.25. The topological polar surface area (TPSA) is 24.9 Å². The number of benzene rings is 1. The first kappa shape index (κ1) is 10.1. The van der Waals surface area contributed by atoms with Gasteiger partial charge in [0.15, 0.2) is 0 Å². The number of para-hydroxylation sites is 1. The maximum absolute atomic E-state index is 4.29. The van der Waals surface area contributed by atoms with Crippen molar-refractivity contribution in [2.24, 2.45) is 0 Å². The van der Waals surface area contributed by atoms with E-state index >= 15 is 0 Å². The van der Waals surface area contributed by atoms with Crippen LogP contribution in [0.25, 0.3) is 0 Å². The SMILES string of the molecule is CSc1ncccc1Nc1ccccc1. The number of hydrogen-bond donors (Lipinski definition) is 1. The molecule has 2 rings (SSSR count). The fraction of sp³-hybridized carbons (Fsp3) is 0.0833. The normalized spacial score (nSPS) is 9.93. The summed E-state index contributed by atoms with van der Waals surface area (Å²) in [5.41, 5.74) is 2.14. The standard InChI is InChI=1S/C12H12N2S/c1-15-12-11(8-5-9-13-12)14-10-6-3-2-4-7-10/h2-9,14H,1H3. The molecule has 0 aliphatic heterocycles. The lowest BCUT2D eigenvalue weighted by Crippen LogP contribution is -1.93. The summed E-state index contributed by atoms with van der Waals surface area (Å²) in [6, 6.07) is 14.1. The number of pyridine rings is 1. The summed E-state index contributed by atoms with van der Waals surface area (Å²) in [5.74, 6) is 0. The van der Waals surface area contributed by atoms with Crippen molar-refractivity contribution >= 4 is 23.1 Å². The molecule has 0 aliphatic rings. The van der Waals surface area contributed by atoms with E-state index in [1.54, 1.807) is 11.8 Å². The summed E-state index contributed by atoms with van der Waals surface area (Å²) in [4.78, 5) is 4.29. The van der Waals surface area contributed by atoms with E-state index in [9.17, 15) is 0 Å². The van der Waals surface area contributed by atoms with Gasteiger partial charge in [0.1, 0.15) is 5.03 Å². The maximum atomic E-state index is 4.29. The highest BCUT2D eigenvalue weighted by molar-refractivity contribution is 7.98. The highest BCUT2D eigenvalue weighted by Gasteiger charge is 2.00. The molecule has 0 saturated heterocycles. The third-order valence-corrected chi connectivity index (χ3v) is 2.73. The van der Waals surface area contributed by atoms with Crippen LogP contribution in [0, 0.1) is 0 Å². The van der Waals surface area contributed by atoms with Gasteiger partial charge in [0.05, 0.1) is 5.69 Å². The second kappa shape index (κ2) is 4.84. The van der Waals surface area contributed by atoms with Crippen LogP contribution >= 0.6 is 11.8 Å². The fourth-order valence-corrected chi connectivity index (χ4v) is 1.83. The van der Waals surface area contributed by atoms with Crippen LogP contribution in [0.3, 0.4) is 0 Å². The van der Waals surface area contributed by atoms with E-state index in [2.05, 4.69) is 10.3 Å².